The van der Waals surface area contributed by atoms with E-state index in [2.05, 4.69) is 18.4 Å². The summed E-state index contributed by atoms with van der Waals surface area (Å²) in [6.45, 7) is 11.4. The Morgan fingerprint density at radius 1 is 1.14 bits per heavy atom. The predicted molar refractivity (Wildman–Crippen MR) is 144 cm³/mol. The number of nitrogens with zero attached hydrogens (tertiary/aromatic N) is 4. The van der Waals surface area contributed by atoms with Crippen molar-refractivity contribution in [1.29, 1.82) is 0 Å². The number of ether oxygens (including phenoxy) is 1. The molecule has 36 heavy (non-hydrogen) atoms. The third-order valence-corrected chi connectivity index (χ3v) is 7.68. The average Bonchev–Trinajstić information content (AvgIpc) is 3.46. The Morgan fingerprint density at radius 2 is 1.83 bits per heavy atom. The highest BCUT2D eigenvalue weighted by atomic mass is 35.5. The van der Waals surface area contributed by atoms with E-state index in [1.165, 1.54) is 11.3 Å². The first-order valence-electron chi connectivity index (χ1n) is 12.3. The SMILES string of the molecule is CC(=O)N1CCN(C(=O)c2cc(-c3csc(COc4ccccc4Cl)n3)n(CCC(C)C)c2C)CC1. The van der Waals surface area contributed by atoms with Crippen molar-refractivity contribution >= 4 is 34.8 Å². The van der Waals surface area contributed by atoms with Crippen LogP contribution in [-0.4, -0.2) is 57.3 Å². The number of carbonyl (C=O) groups excluding carboxylic acids is 2. The van der Waals surface area contributed by atoms with Crippen molar-refractivity contribution in [2.75, 3.05) is 26.2 Å². The van der Waals surface area contributed by atoms with Gasteiger partial charge in [0.1, 0.15) is 17.4 Å². The lowest BCUT2D eigenvalue weighted by Crippen LogP contribution is -2.50. The van der Waals surface area contributed by atoms with Gasteiger partial charge in [0.05, 0.1) is 22.0 Å². The molecule has 1 aliphatic heterocycles. The van der Waals surface area contributed by atoms with Crippen LogP contribution in [0.4, 0.5) is 0 Å². The Labute approximate surface area is 221 Å². The number of piperazine rings is 1. The summed E-state index contributed by atoms with van der Waals surface area (Å²) in [5.41, 5.74) is 3.43. The number of aromatic nitrogens is 2. The molecule has 192 valence electrons. The third kappa shape index (κ3) is 5.93. The summed E-state index contributed by atoms with van der Waals surface area (Å²) in [6, 6.07) is 9.37. The number of halogens is 1. The van der Waals surface area contributed by atoms with Gasteiger partial charge >= 0.3 is 0 Å². The first kappa shape index (κ1) is 26.2. The summed E-state index contributed by atoms with van der Waals surface area (Å²) in [7, 11) is 0. The molecule has 0 saturated carbocycles. The number of hydrogen-bond acceptors (Lipinski definition) is 5. The van der Waals surface area contributed by atoms with Gasteiger partial charge in [0.15, 0.2) is 0 Å². The maximum atomic E-state index is 13.5. The van der Waals surface area contributed by atoms with Gasteiger partial charge in [0.2, 0.25) is 5.91 Å². The normalized spacial score (nSPS) is 13.9. The van der Waals surface area contributed by atoms with Gasteiger partial charge < -0.3 is 19.1 Å². The predicted octanol–water partition coefficient (Wildman–Crippen LogP) is 5.50. The topological polar surface area (TPSA) is 67.7 Å². The molecule has 0 N–H and O–H groups in total. The molecule has 9 heteroatoms. The lowest BCUT2D eigenvalue weighted by Gasteiger charge is -2.34. The van der Waals surface area contributed by atoms with Crippen molar-refractivity contribution in [3.63, 3.8) is 0 Å². The summed E-state index contributed by atoms with van der Waals surface area (Å²) in [5, 5.41) is 3.43. The summed E-state index contributed by atoms with van der Waals surface area (Å²) in [4.78, 5) is 33.6. The van der Waals surface area contributed by atoms with Crippen LogP contribution in [0.15, 0.2) is 35.7 Å². The summed E-state index contributed by atoms with van der Waals surface area (Å²) >= 11 is 7.74. The molecule has 1 aromatic carbocycles. The van der Waals surface area contributed by atoms with E-state index in [-0.39, 0.29) is 11.8 Å². The molecular formula is C27H33ClN4O3S. The zero-order valence-corrected chi connectivity index (χ0v) is 22.9. The van der Waals surface area contributed by atoms with Gasteiger partial charge in [-0.2, -0.15) is 0 Å². The highest BCUT2D eigenvalue weighted by molar-refractivity contribution is 7.09. The molecule has 2 aromatic heterocycles. The third-order valence-electron chi connectivity index (χ3n) is 6.54. The number of benzene rings is 1. The van der Waals surface area contributed by atoms with E-state index in [1.54, 1.807) is 17.9 Å². The van der Waals surface area contributed by atoms with Crippen LogP contribution in [0, 0.1) is 12.8 Å². The van der Waals surface area contributed by atoms with Gasteiger partial charge in [0.25, 0.3) is 5.91 Å². The van der Waals surface area contributed by atoms with Crippen LogP contribution in [0.3, 0.4) is 0 Å². The molecule has 0 aliphatic carbocycles. The fraction of sp³-hybridized carbons (Fsp3) is 0.444. The van der Waals surface area contributed by atoms with Crippen molar-refractivity contribution in [3.8, 4) is 17.1 Å². The Bertz CT molecular complexity index is 1230. The van der Waals surface area contributed by atoms with E-state index in [0.29, 0.717) is 55.0 Å². The van der Waals surface area contributed by atoms with Crippen molar-refractivity contribution in [1.82, 2.24) is 19.4 Å². The zero-order valence-electron chi connectivity index (χ0n) is 21.3. The molecular weight excluding hydrogens is 496 g/mol. The quantitative estimate of drug-likeness (QED) is 0.387. The van der Waals surface area contributed by atoms with Gasteiger partial charge in [-0.1, -0.05) is 37.6 Å². The number of amides is 2. The fourth-order valence-electron chi connectivity index (χ4n) is 4.34. The Morgan fingerprint density at radius 3 is 2.50 bits per heavy atom. The number of carbonyl (C=O) groups is 2. The first-order valence-corrected chi connectivity index (χ1v) is 13.6. The van der Waals surface area contributed by atoms with Crippen LogP contribution < -0.4 is 4.74 Å². The monoisotopic (exact) mass is 528 g/mol. The molecule has 3 aromatic rings. The van der Waals surface area contributed by atoms with Crippen LogP contribution in [0.25, 0.3) is 11.4 Å². The van der Waals surface area contributed by atoms with E-state index in [4.69, 9.17) is 21.3 Å². The minimum atomic E-state index is 0.0118. The zero-order chi connectivity index (χ0) is 25.8. The van der Waals surface area contributed by atoms with Crippen LogP contribution in [-0.2, 0) is 17.9 Å². The number of rotatable bonds is 8. The number of hydrogen-bond donors (Lipinski definition) is 0. The Hall–Kier alpha value is -2.84. The maximum Gasteiger partial charge on any atom is 0.255 e. The molecule has 0 spiro atoms. The van der Waals surface area contributed by atoms with Crippen LogP contribution >= 0.6 is 22.9 Å². The Balaban J connectivity index is 1.56. The average molecular weight is 529 g/mol. The molecule has 1 fully saturated rings. The molecule has 3 heterocycles. The van der Waals surface area contributed by atoms with Crippen LogP contribution in [0.5, 0.6) is 5.75 Å². The number of thiazole rings is 1. The van der Waals surface area contributed by atoms with E-state index >= 15 is 0 Å². The standard InChI is InChI=1S/C27H33ClN4O3S/c1-18(2)9-10-32-19(3)21(27(34)31-13-11-30(12-14-31)20(4)33)15-24(32)23-17-36-26(29-23)16-35-25-8-6-5-7-22(25)28/h5-8,15,17-18H,9-14,16H2,1-4H3. The molecule has 7 nitrogen and oxygen atoms in total. The smallest absolute Gasteiger partial charge is 0.255 e. The van der Waals surface area contributed by atoms with Gasteiger partial charge in [-0.05, 0) is 37.5 Å². The second kappa shape index (κ2) is 11.5. The van der Waals surface area contributed by atoms with Gasteiger partial charge in [-0.3, -0.25) is 9.59 Å². The molecule has 1 aliphatic rings. The lowest BCUT2D eigenvalue weighted by atomic mass is 10.1. The highest BCUT2D eigenvalue weighted by Crippen LogP contribution is 2.30. The summed E-state index contributed by atoms with van der Waals surface area (Å²) in [5.74, 6) is 1.23. The molecule has 1 saturated heterocycles. The molecule has 0 radical (unpaired) electrons. The molecule has 2 amide bonds. The van der Waals surface area contributed by atoms with Crippen LogP contribution in [0.2, 0.25) is 5.02 Å². The summed E-state index contributed by atoms with van der Waals surface area (Å²) < 4.78 is 8.09. The minimum Gasteiger partial charge on any atom is -0.485 e. The van der Waals surface area contributed by atoms with E-state index in [0.717, 1.165) is 35.1 Å². The van der Waals surface area contributed by atoms with E-state index in [9.17, 15) is 9.59 Å². The largest absolute Gasteiger partial charge is 0.485 e. The van der Waals surface area contributed by atoms with Crippen molar-refractivity contribution in [2.24, 2.45) is 5.92 Å². The van der Waals surface area contributed by atoms with Crippen molar-refractivity contribution in [2.45, 2.75) is 47.3 Å². The van der Waals surface area contributed by atoms with Crippen molar-refractivity contribution in [3.05, 3.63) is 57.0 Å². The fourth-order valence-corrected chi connectivity index (χ4v) is 5.23. The van der Waals surface area contributed by atoms with Crippen molar-refractivity contribution < 1.29 is 14.3 Å². The van der Waals surface area contributed by atoms with Gasteiger partial charge in [-0.15, -0.1) is 11.3 Å². The Kier molecular flexibility index (Phi) is 8.36. The lowest BCUT2D eigenvalue weighted by molar-refractivity contribution is -0.130. The van der Waals surface area contributed by atoms with E-state index < -0.39 is 0 Å². The summed E-state index contributed by atoms with van der Waals surface area (Å²) in [6.07, 6.45) is 1.00. The first-order chi connectivity index (χ1) is 17.2. The number of para-hydroxylation sites is 1. The van der Waals surface area contributed by atoms with Crippen LogP contribution in [0.1, 0.15) is 48.3 Å². The van der Waals surface area contributed by atoms with Gasteiger partial charge in [-0.25, -0.2) is 4.98 Å². The highest BCUT2D eigenvalue weighted by Gasteiger charge is 2.27. The second-order valence-corrected chi connectivity index (χ2v) is 10.9. The molecule has 0 unspecified atom stereocenters. The van der Waals surface area contributed by atoms with Gasteiger partial charge in [0, 0.05) is 50.7 Å². The molecule has 0 bridgehead atoms. The molecule has 0 atom stereocenters. The maximum absolute atomic E-state index is 13.5. The van der Waals surface area contributed by atoms with E-state index in [1.807, 2.05) is 41.5 Å². The second-order valence-electron chi connectivity index (χ2n) is 9.51. The molecule has 4 rings (SSSR count). The minimum absolute atomic E-state index is 0.0118.